The Morgan fingerprint density at radius 1 is 0.933 bits per heavy atom. The second-order valence-electron chi connectivity index (χ2n) is 16.4. The van der Waals surface area contributed by atoms with Crippen LogP contribution in [-0.2, 0) is 30.3 Å². The number of carbonyl (C=O) groups excluding carboxylic acids is 3. The van der Waals surface area contributed by atoms with Crippen LogP contribution < -0.4 is 19.7 Å². The number of alkyl carbamates (subject to hydrolysis) is 1. The lowest BCUT2D eigenvalue weighted by Gasteiger charge is -2.42. The molecule has 4 aromatic carbocycles. The molecule has 0 spiro atoms. The Kier molecular flexibility index (Phi) is 11.6. The van der Waals surface area contributed by atoms with Gasteiger partial charge in [-0.25, -0.2) is 14.0 Å². The second-order valence-corrected chi connectivity index (χ2v) is 16.4. The number of nitrogens with zero attached hydrogens (tertiary/aromatic N) is 2. The maximum atomic E-state index is 14.8. The Balaban J connectivity index is 1.07. The van der Waals surface area contributed by atoms with Gasteiger partial charge >= 0.3 is 12.2 Å². The van der Waals surface area contributed by atoms with Crippen molar-refractivity contribution in [3.05, 3.63) is 126 Å². The largest absolute Gasteiger partial charge is 0.454 e. The topological polar surface area (TPSA) is 125 Å². The van der Waals surface area contributed by atoms with E-state index in [-0.39, 0.29) is 57.3 Å². The fourth-order valence-corrected chi connectivity index (χ4v) is 8.81. The minimum absolute atomic E-state index is 0.0189. The zero-order chi connectivity index (χ0) is 42.1. The van der Waals surface area contributed by atoms with Crippen molar-refractivity contribution >= 4 is 23.8 Å². The minimum atomic E-state index is -1.01. The number of amides is 3. The summed E-state index contributed by atoms with van der Waals surface area (Å²) in [7, 11) is 0. The maximum absolute atomic E-state index is 14.8. The molecule has 0 aromatic heterocycles. The Labute approximate surface area is 349 Å². The molecule has 4 aromatic rings. The first-order valence-corrected chi connectivity index (χ1v) is 20.4. The Hall–Kier alpha value is -5.92. The molecule has 1 N–H and O–H groups in total. The number of anilines is 1. The van der Waals surface area contributed by atoms with Crippen molar-refractivity contribution in [2.75, 3.05) is 31.5 Å². The van der Waals surface area contributed by atoms with Gasteiger partial charge in [0.15, 0.2) is 17.3 Å². The molecular formula is C47H50FN3O9. The summed E-state index contributed by atoms with van der Waals surface area (Å²) in [6.45, 7) is 11.6. The summed E-state index contributed by atoms with van der Waals surface area (Å²) in [6, 6.07) is 24.0. The van der Waals surface area contributed by atoms with Gasteiger partial charge in [0.1, 0.15) is 37.3 Å². The molecule has 13 heteroatoms. The molecule has 3 amide bonds. The third-order valence-electron chi connectivity index (χ3n) is 11.4. The van der Waals surface area contributed by atoms with Crippen molar-refractivity contribution < 1.29 is 47.2 Å². The van der Waals surface area contributed by atoms with Gasteiger partial charge in [-0.15, -0.1) is 0 Å². The fraction of sp³-hybridized carbons (Fsp3) is 0.383. The maximum Gasteiger partial charge on any atom is 0.414 e. The summed E-state index contributed by atoms with van der Waals surface area (Å²) in [5.74, 6) is -0.929. The molecule has 314 valence electrons. The first-order chi connectivity index (χ1) is 28.9. The van der Waals surface area contributed by atoms with Gasteiger partial charge in [-0.1, -0.05) is 87.2 Å². The molecule has 1 aliphatic carbocycles. The van der Waals surface area contributed by atoms with Crippen molar-refractivity contribution in [3.63, 3.8) is 0 Å². The van der Waals surface area contributed by atoms with E-state index in [1.165, 1.54) is 23.1 Å². The van der Waals surface area contributed by atoms with Gasteiger partial charge in [-0.05, 0) is 78.6 Å². The van der Waals surface area contributed by atoms with Crippen LogP contribution in [0.5, 0.6) is 11.5 Å². The van der Waals surface area contributed by atoms with Crippen LogP contribution in [0.25, 0.3) is 11.1 Å². The van der Waals surface area contributed by atoms with Gasteiger partial charge in [0.25, 0.3) is 0 Å². The van der Waals surface area contributed by atoms with Crippen LogP contribution in [0.3, 0.4) is 0 Å². The molecule has 4 aliphatic rings. The second kappa shape index (κ2) is 17.0. The van der Waals surface area contributed by atoms with E-state index in [9.17, 15) is 18.8 Å². The predicted octanol–water partition coefficient (Wildman–Crippen LogP) is 8.63. The molecule has 0 bridgehead atoms. The van der Waals surface area contributed by atoms with Gasteiger partial charge in [-0.2, -0.15) is 0 Å². The lowest BCUT2D eigenvalue weighted by atomic mass is 9.88. The number of fused-ring (bicyclic) bond motifs is 7. The smallest absolute Gasteiger partial charge is 0.414 e. The Morgan fingerprint density at radius 3 is 2.27 bits per heavy atom. The standard InChI is InChI=1S/C47H50FN3O9/c1-6-21-55-46(54)51-38(43-42(59-47(4,5)60-43)35-23-40-41(24-39(35)51)58-27-57-40)19-20-50(25-29-15-17-30(48)18-16-29)44(52)37(22-28(2)3)49-45(53)56-26-36-33-13-9-7-11-31(33)32-12-8-10-14-34(32)36/h6-18,23-24,28,36-38,42-43H,1,19-22,25-27H2,2-5H3,(H,49,53)/t37-,38-,42-,43-/m0/s1. The average molecular weight is 820 g/mol. The molecule has 0 radical (unpaired) electrons. The quantitative estimate of drug-likeness (QED) is 0.132. The summed E-state index contributed by atoms with van der Waals surface area (Å²) in [5.41, 5.74) is 6.22. The Bertz CT molecular complexity index is 2220. The number of ether oxygens (including phenoxy) is 6. The molecular weight excluding hydrogens is 770 g/mol. The lowest BCUT2D eigenvalue weighted by molar-refractivity contribution is -0.148. The highest BCUT2D eigenvalue weighted by Crippen LogP contribution is 2.52. The van der Waals surface area contributed by atoms with E-state index in [0.29, 0.717) is 34.7 Å². The van der Waals surface area contributed by atoms with Crippen LogP contribution in [0.4, 0.5) is 19.7 Å². The molecule has 3 heterocycles. The van der Waals surface area contributed by atoms with Crippen molar-refractivity contribution in [1.29, 1.82) is 0 Å². The van der Waals surface area contributed by atoms with Gasteiger partial charge in [0.05, 0.1) is 11.7 Å². The number of benzene rings is 4. The number of halogens is 1. The fourth-order valence-electron chi connectivity index (χ4n) is 8.81. The highest BCUT2D eigenvalue weighted by molar-refractivity contribution is 5.92. The van der Waals surface area contributed by atoms with E-state index in [1.54, 1.807) is 29.2 Å². The zero-order valence-electron chi connectivity index (χ0n) is 34.2. The average Bonchev–Trinajstić information content (AvgIpc) is 3.92. The SMILES string of the molecule is C=CCOC(=O)N1c2cc3c(cc2[C@@H]2OC(C)(C)O[C@H]2[C@@H]1CCN(Cc1ccc(F)cc1)C(=O)[C@H](CC(C)C)NC(=O)OCC1c2ccccc2-c2ccccc21)OCO3. The zero-order valence-corrected chi connectivity index (χ0v) is 34.2. The van der Waals surface area contributed by atoms with Crippen LogP contribution in [0, 0.1) is 11.7 Å². The van der Waals surface area contributed by atoms with Crippen LogP contribution in [0.2, 0.25) is 0 Å². The van der Waals surface area contributed by atoms with Gasteiger partial charge < -0.3 is 38.6 Å². The van der Waals surface area contributed by atoms with Crippen LogP contribution in [0.1, 0.15) is 74.8 Å². The van der Waals surface area contributed by atoms with Crippen molar-refractivity contribution in [2.24, 2.45) is 5.92 Å². The highest BCUT2D eigenvalue weighted by Gasteiger charge is 2.54. The molecule has 60 heavy (non-hydrogen) atoms. The van der Waals surface area contributed by atoms with Crippen LogP contribution in [-0.4, -0.2) is 73.5 Å². The summed E-state index contributed by atoms with van der Waals surface area (Å²) in [4.78, 5) is 45.7. The molecule has 1 fully saturated rings. The van der Waals surface area contributed by atoms with E-state index in [4.69, 9.17) is 28.4 Å². The summed E-state index contributed by atoms with van der Waals surface area (Å²) in [6.07, 6.45) is -0.594. The molecule has 0 unspecified atom stereocenters. The lowest BCUT2D eigenvalue weighted by Crippen LogP contribution is -2.55. The summed E-state index contributed by atoms with van der Waals surface area (Å²) in [5, 5.41) is 2.89. The molecule has 4 atom stereocenters. The van der Waals surface area contributed by atoms with Crippen molar-refractivity contribution in [2.45, 2.75) is 83.1 Å². The third kappa shape index (κ3) is 8.28. The van der Waals surface area contributed by atoms with E-state index in [2.05, 4.69) is 24.0 Å². The summed E-state index contributed by atoms with van der Waals surface area (Å²) < 4.78 is 50.1. The summed E-state index contributed by atoms with van der Waals surface area (Å²) >= 11 is 0. The van der Waals surface area contributed by atoms with E-state index >= 15 is 0 Å². The number of hydrogen-bond donors (Lipinski definition) is 1. The number of hydrogen-bond acceptors (Lipinski definition) is 9. The number of rotatable bonds is 13. The first-order valence-electron chi connectivity index (χ1n) is 20.4. The molecule has 0 saturated carbocycles. The van der Waals surface area contributed by atoms with Crippen molar-refractivity contribution in [1.82, 2.24) is 10.2 Å². The highest BCUT2D eigenvalue weighted by atomic mass is 19.1. The number of nitrogens with one attached hydrogen (secondary N) is 1. The minimum Gasteiger partial charge on any atom is -0.454 e. The normalized spacial score (nSPS) is 19.8. The van der Waals surface area contributed by atoms with Gasteiger partial charge in [0, 0.05) is 30.6 Å². The van der Waals surface area contributed by atoms with E-state index in [0.717, 1.165) is 22.3 Å². The number of carbonyl (C=O) groups is 3. The van der Waals surface area contributed by atoms with Gasteiger partial charge in [0.2, 0.25) is 12.7 Å². The molecule has 8 rings (SSSR count). The van der Waals surface area contributed by atoms with Crippen molar-refractivity contribution in [3.8, 4) is 22.6 Å². The third-order valence-corrected chi connectivity index (χ3v) is 11.4. The monoisotopic (exact) mass is 819 g/mol. The van der Waals surface area contributed by atoms with Gasteiger partial charge in [-0.3, -0.25) is 9.69 Å². The first kappa shape index (κ1) is 40.8. The molecule has 1 saturated heterocycles. The predicted molar refractivity (Wildman–Crippen MR) is 221 cm³/mol. The molecule has 3 aliphatic heterocycles. The van der Waals surface area contributed by atoms with E-state index < -0.39 is 48.1 Å². The van der Waals surface area contributed by atoms with Crippen LogP contribution in [0.15, 0.2) is 97.6 Å². The molecule has 12 nitrogen and oxygen atoms in total. The van der Waals surface area contributed by atoms with E-state index in [1.807, 2.05) is 64.1 Å². The van der Waals surface area contributed by atoms with Crippen LogP contribution >= 0.6 is 0 Å². The Morgan fingerprint density at radius 2 is 1.60 bits per heavy atom.